The number of rotatable bonds is 5. The second-order valence-electron chi connectivity index (χ2n) is 4.15. The number of sulfonamides is 1. The van der Waals surface area contributed by atoms with Crippen LogP contribution in [0.1, 0.15) is 0 Å². The molecule has 2 rings (SSSR count). The number of para-hydroxylation sites is 2. The van der Waals surface area contributed by atoms with Gasteiger partial charge in [0.2, 0.25) is 16.0 Å². The molecule has 2 N–H and O–H groups in total. The highest BCUT2D eigenvalue weighted by Crippen LogP contribution is 2.14. The van der Waals surface area contributed by atoms with Crippen molar-refractivity contribution in [2.45, 2.75) is 0 Å². The number of hydrogen-bond acceptors (Lipinski definition) is 5. The number of benzene rings is 1. The first-order chi connectivity index (χ1) is 8.75. The van der Waals surface area contributed by atoms with Crippen LogP contribution in [0.5, 0.6) is 0 Å². The summed E-state index contributed by atoms with van der Waals surface area (Å²) in [6, 6.07) is 7.07. The van der Waals surface area contributed by atoms with Crippen LogP contribution in [0.3, 0.4) is 0 Å². The van der Waals surface area contributed by atoms with Crippen molar-refractivity contribution in [3.8, 4) is 0 Å². The van der Waals surface area contributed by atoms with Crippen molar-refractivity contribution >= 4 is 36.8 Å². The molecule has 0 bridgehead atoms. The fraction of sp³-hybridized carbons (Fsp3) is 0.300. The largest absolute Gasteiger partial charge is 0.323 e. The molecule has 0 aliphatic heterocycles. The van der Waals surface area contributed by atoms with Gasteiger partial charge in [0.15, 0.2) is 0 Å². The van der Waals surface area contributed by atoms with Crippen molar-refractivity contribution in [3.63, 3.8) is 0 Å². The Morgan fingerprint density at radius 1 is 1.16 bits per heavy atom. The Morgan fingerprint density at radius 2 is 1.84 bits per heavy atom. The van der Waals surface area contributed by atoms with E-state index < -0.39 is 31.4 Å². The molecule has 0 spiro atoms. The highest BCUT2D eigenvalue weighted by atomic mass is 32.2. The summed E-state index contributed by atoms with van der Waals surface area (Å²) in [5, 5.41) is 0. The van der Waals surface area contributed by atoms with Gasteiger partial charge in [-0.15, -0.1) is 0 Å². The zero-order chi connectivity index (χ0) is 14.1. The summed E-state index contributed by atoms with van der Waals surface area (Å²) < 4.78 is 47.5. The van der Waals surface area contributed by atoms with E-state index in [0.717, 1.165) is 6.26 Å². The van der Waals surface area contributed by atoms with Crippen LogP contribution in [-0.4, -0.2) is 44.6 Å². The molecule has 0 saturated carbocycles. The highest BCUT2D eigenvalue weighted by Gasteiger charge is 2.16. The van der Waals surface area contributed by atoms with Gasteiger partial charge in [-0.2, -0.15) is 0 Å². The van der Waals surface area contributed by atoms with E-state index >= 15 is 0 Å². The average Bonchev–Trinajstić information content (AvgIpc) is 2.66. The molecule has 0 amide bonds. The lowest BCUT2D eigenvalue weighted by atomic mass is 10.3. The fourth-order valence-electron chi connectivity index (χ4n) is 1.46. The number of aromatic nitrogens is 2. The van der Waals surface area contributed by atoms with Crippen molar-refractivity contribution in [1.29, 1.82) is 0 Å². The topological polar surface area (TPSA) is 109 Å². The first kappa shape index (κ1) is 13.8. The number of imidazole rings is 1. The predicted octanol–water partition coefficient (Wildman–Crippen LogP) is 0.349. The van der Waals surface area contributed by atoms with Gasteiger partial charge in [-0.05, 0) is 12.1 Å². The molecule has 0 radical (unpaired) electrons. The van der Waals surface area contributed by atoms with Crippen molar-refractivity contribution < 1.29 is 16.8 Å². The zero-order valence-corrected chi connectivity index (χ0v) is 11.8. The minimum absolute atomic E-state index is 0.0784. The van der Waals surface area contributed by atoms with E-state index in [-0.39, 0.29) is 5.95 Å². The number of H-pyrrole nitrogens is 1. The highest BCUT2D eigenvalue weighted by molar-refractivity contribution is 7.95. The zero-order valence-electron chi connectivity index (χ0n) is 10.1. The van der Waals surface area contributed by atoms with Crippen LogP contribution in [0.2, 0.25) is 0 Å². The van der Waals surface area contributed by atoms with Crippen LogP contribution < -0.4 is 4.72 Å². The van der Waals surface area contributed by atoms with Gasteiger partial charge < -0.3 is 4.98 Å². The molecule has 0 unspecified atom stereocenters. The van der Waals surface area contributed by atoms with E-state index in [1.165, 1.54) is 0 Å². The second-order valence-corrected chi connectivity index (χ2v) is 8.25. The Kier molecular flexibility index (Phi) is 3.50. The first-order valence-electron chi connectivity index (χ1n) is 5.38. The molecule has 2 aromatic rings. The Balaban J connectivity index is 2.15. The molecule has 19 heavy (non-hydrogen) atoms. The maximum absolute atomic E-state index is 11.7. The Labute approximate surface area is 111 Å². The third-order valence-electron chi connectivity index (χ3n) is 2.36. The summed E-state index contributed by atoms with van der Waals surface area (Å²) in [6.45, 7) is 0. The molecule has 0 aliphatic rings. The number of nitrogens with zero attached hydrogens (tertiary/aromatic N) is 1. The van der Waals surface area contributed by atoms with Crippen LogP contribution >= 0.6 is 0 Å². The lowest BCUT2D eigenvalue weighted by Crippen LogP contribution is -2.22. The van der Waals surface area contributed by atoms with Crippen molar-refractivity contribution in [1.82, 2.24) is 9.97 Å². The van der Waals surface area contributed by atoms with Crippen LogP contribution in [0.15, 0.2) is 24.3 Å². The van der Waals surface area contributed by atoms with Gasteiger partial charge in [0.25, 0.3) is 0 Å². The normalized spacial score (nSPS) is 12.7. The summed E-state index contributed by atoms with van der Waals surface area (Å²) in [7, 11) is -7.06. The number of sulfone groups is 1. The van der Waals surface area contributed by atoms with Crippen molar-refractivity contribution in [3.05, 3.63) is 24.3 Å². The quantitative estimate of drug-likeness (QED) is 0.828. The van der Waals surface area contributed by atoms with E-state index in [1.54, 1.807) is 24.3 Å². The Bertz CT molecular complexity index is 760. The minimum atomic E-state index is -3.74. The Hall–Kier alpha value is -1.61. The molecule has 0 fully saturated rings. The molecule has 1 aromatic carbocycles. The first-order valence-corrected chi connectivity index (χ1v) is 9.09. The van der Waals surface area contributed by atoms with Crippen LogP contribution in [-0.2, 0) is 19.9 Å². The summed E-state index contributed by atoms with van der Waals surface area (Å²) in [5.41, 5.74) is 1.33. The molecule has 1 heterocycles. The summed E-state index contributed by atoms with van der Waals surface area (Å²) in [6.07, 6.45) is 0.990. The standard InChI is InChI=1S/C10H13N3O4S2/c1-18(14,15)6-7-19(16,17)13-10-11-8-4-2-3-5-9(8)12-10/h2-5H,6-7H2,1H3,(H2,11,12,13). The molecular formula is C10H13N3O4S2. The van der Waals surface area contributed by atoms with Crippen molar-refractivity contribution in [2.75, 3.05) is 22.5 Å². The second kappa shape index (κ2) is 4.82. The number of anilines is 1. The van der Waals surface area contributed by atoms with Gasteiger partial charge in [0.05, 0.1) is 22.5 Å². The molecule has 0 saturated heterocycles. The minimum Gasteiger partial charge on any atom is -0.323 e. The lowest BCUT2D eigenvalue weighted by Gasteiger charge is -2.03. The monoisotopic (exact) mass is 303 g/mol. The number of nitrogens with one attached hydrogen (secondary N) is 2. The van der Waals surface area contributed by atoms with E-state index in [1.807, 2.05) is 0 Å². The SMILES string of the molecule is CS(=O)(=O)CCS(=O)(=O)Nc1nc2ccccc2[nH]1. The maximum Gasteiger partial charge on any atom is 0.236 e. The average molecular weight is 303 g/mol. The molecule has 0 atom stereocenters. The van der Waals surface area contributed by atoms with Crippen molar-refractivity contribution in [2.24, 2.45) is 0 Å². The summed E-state index contributed by atoms with van der Waals surface area (Å²) in [5.74, 6) is -0.847. The smallest absolute Gasteiger partial charge is 0.236 e. The maximum atomic E-state index is 11.7. The molecule has 0 aliphatic carbocycles. The van der Waals surface area contributed by atoms with E-state index in [0.29, 0.717) is 11.0 Å². The summed E-state index contributed by atoms with van der Waals surface area (Å²) in [4.78, 5) is 6.85. The van der Waals surface area contributed by atoms with Crippen LogP contribution in [0.4, 0.5) is 5.95 Å². The van der Waals surface area contributed by atoms with Gasteiger partial charge >= 0.3 is 0 Å². The summed E-state index contributed by atoms with van der Waals surface area (Å²) >= 11 is 0. The van der Waals surface area contributed by atoms with Gasteiger partial charge in [0, 0.05) is 6.26 Å². The lowest BCUT2D eigenvalue weighted by molar-refractivity contribution is 0.593. The molecule has 9 heteroatoms. The fourth-order valence-corrected chi connectivity index (χ4v) is 4.04. The van der Waals surface area contributed by atoms with E-state index in [4.69, 9.17) is 0 Å². The van der Waals surface area contributed by atoms with Crippen LogP contribution in [0.25, 0.3) is 11.0 Å². The number of fused-ring (bicyclic) bond motifs is 1. The van der Waals surface area contributed by atoms with Crippen LogP contribution in [0, 0.1) is 0 Å². The third-order valence-corrected chi connectivity index (χ3v) is 4.81. The van der Waals surface area contributed by atoms with E-state index in [2.05, 4.69) is 14.7 Å². The van der Waals surface area contributed by atoms with Gasteiger partial charge in [-0.3, -0.25) is 4.72 Å². The molecular weight excluding hydrogens is 290 g/mol. The third kappa shape index (κ3) is 3.93. The molecule has 7 nitrogen and oxygen atoms in total. The predicted molar refractivity (Wildman–Crippen MR) is 73.2 cm³/mol. The van der Waals surface area contributed by atoms with E-state index in [9.17, 15) is 16.8 Å². The number of hydrogen-bond donors (Lipinski definition) is 2. The molecule has 104 valence electrons. The van der Waals surface area contributed by atoms with Gasteiger partial charge in [0.1, 0.15) is 9.84 Å². The van der Waals surface area contributed by atoms with Gasteiger partial charge in [-0.25, -0.2) is 21.8 Å². The Morgan fingerprint density at radius 3 is 2.47 bits per heavy atom. The van der Waals surface area contributed by atoms with Gasteiger partial charge in [-0.1, -0.05) is 12.1 Å². The number of aromatic amines is 1. The molecule has 1 aromatic heterocycles.